The molecule has 2 fully saturated rings. The van der Waals surface area contributed by atoms with E-state index >= 15 is 0 Å². The summed E-state index contributed by atoms with van der Waals surface area (Å²) >= 11 is 0. The summed E-state index contributed by atoms with van der Waals surface area (Å²) in [5.74, 6) is -1.25. The van der Waals surface area contributed by atoms with Crippen molar-refractivity contribution < 1.29 is 19.8 Å². The normalized spacial score (nSPS) is 37.1. The van der Waals surface area contributed by atoms with E-state index in [0.29, 0.717) is 25.3 Å². The second kappa shape index (κ2) is 5.67. The van der Waals surface area contributed by atoms with E-state index in [0.717, 1.165) is 19.3 Å². The molecule has 2 rings (SSSR count). The highest BCUT2D eigenvalue weighted by Crippen LogP contribution is 2.25. The number of nitrogens with one attached hydrogen (secondary N) is 2. The van der Waals surface area contributed by atoms with Crippen LogP contribution in [0.2, 0.25) is 0 Å². The van der Waals surface area contributed by atoms with E-state index in [2.05, 4.69) is 10.6 Å². The first-order valence-corrected chi connectivity index (χ1v) is 6.53. The molecule has 0 aliphatic carbocycles. The minimum atomic E-state index is -0.798. The lowest BCUT2D eigenvalue weighted by molar-refractivity contribution is -0.140. The summed E-state index contributed by atoms with van der Waals surface area (Å²) in [7, 11) is 0. The van der Waals surface area contributed by atoms with Gasteiger partial charge in [0.05, 0.1) is 0 Å². The Hall–Kier alpha value is -1.14. The first kappa shape index (κ1) is 13.3. The second-order valence-corrected chi connectivity index (χ2v) is 5.23. The molecule has 102 valence electrons. The molecule has 0 amide bonds. The van der Waals surface area contributed by atoms with Crippen LogP contribution in [-0.4, -0.2) is 46.8 Å². The molecule has 6 heteroatoms. The molecule has 2 aliphatic rings. The summed E-state index contributed by atoms with van der Waals surface area (Å²) in [6.45, 7) is 0.654. The molecule has 2 saturated heterocycles. The lowest BCUT2D eigenvalue weighted by Crippen LogP contribution is -2.55. The predicted molar refractivity (Wildman–Crippen MR) is 64.3 cm³/mol. The Balaban J connectivity index is 1.85. The van der Waals surface area contributed by atoms with Gasteiger partial charge in [0.15, 0.2) is 0 Å². The van der Waals surface area contributed by atoms with E-state index in [1.54, 1.807) is 0 Å². The standard InChI is InChI=1S/C12H20N2O4/c15-11(16)9-5-4-7(6-13-9)8-2-1-3-10(14-8)12(17)18/h7-10,13-14H,1-6H2,(H,15,16)(H,17,18). The summed E-state index contributed by atoms with van der Waals surface area (Å²) in [6, 6.07) is -0.692. The summed E-state index contributed by atoms with van der Waals surface area (Å²) in [6.07, 6.45) is 4.05. The second-order valence-electron chi connectivity index (χ2n) is 5.23. The Morgan fingerprint density at radius 2 is 1.67 bits per heavy atom. The van der Waals surface area contributed by atoms with Crippen LogP contribution in [-0.2, 0) is 9.59 Å². The average Bonchev–Trinajstić information content (AvgIpc) is 2.39. The molecule has 6 nitrogen and oxygen atoms in total. The molecule has 0 aromatic carbocycles. The van der Waals surface area contributed by atoms with Crippen LogP contribution in [0.25, 0.3) is 0 Å². The first-order chi connectivity index (χ1) is 8.58. The van der Waals surface area contributed by atoms with Gasteiger partial charge in [0, 0.05) is 12.6 Å². The van der Waals surface area contributed by atoms with Gasteiger partial charge in [-0.3, -0.25) is 9.59 Å². The number of hydrogen-bond donors (Lipinski definition) is 4. The summed E-state index contributed by atoms with van der Waals surface area (Å²) in [5.41, 5.74) is 0. The summed E-state index contributed by atoms with van der Waals surface area (Å²) in [5, 5.41) is 24.1. The zero-order valence-corrected chi connectivity index (χ0v) is 10.3. The largest absolute Gasteiger partial charge is 0.480 e. The molecule has 4 unspecified atom stereocenters. The van der Waals surface area contributed by atoms with Crippen molar-refractivity contribution in [2.75, 3.05) is 6.54 Å². The van der Waals surface area contributed by atoms with Gasteiger partial charge in [-0.1, -0.05) is 0 Å². The fourth-order valence-electron chi connectivity index (χ4n) is 2.97. The maximum absolute atomic E-state index is 11.0. The Labute approximate surface area is 106 Å². The molecule has 0 aromatic rings. The van der Waals surface area contributed by atoms with Gasteiger partial charge in [-0.25, -0.2) is 0 Å². The van der Waals surface area contributed by atoms with E-state index < -0.39 is 24.0 Å². The lowest BCUT2D eigenvalue weighted by Gasteiger charge is -2.38. The fourth-order valence-corrected chi connectivity index (χ4v) is 2.97. The van der Waals surface area contributed by atoms with E-state index in [4.69, 9.17) is 10.2 Å². The van der Waals surface area contributed by atoms with Crippen molar-refractivity contribution in [2.24, 2.45) is 5.92 Å². The smallest absolute Gasteiger partial charge is 0.320 e. The van der Waals surface area contributed by atoms with Gasteiger partial charge in [0.2, 0.25) is 0 Å². The molecule has 2 heterocycles. The third-order valence-corrected chi connectivity index (χ3v) is 4.04. The van der Waals surface area contributed by atoms with E-state index in [1.807, 2.05) is 0 Å². The van der Waals surface area contributed by atoms with Crippen LogP contribution in [0.1, 0.15) is 32.1 Å². The highest BCUT2D eigenvalue weighted by atomic mass is 16.4. The van der Waals surface area contributed by atoms with Crippen molar-refractivity contribution in [3.8, 4) is 0 Å². The molecule has 18 heavy (non-hydrogen) atoms. The van der Waals surface area contributed by atoms with Crippen molar-refractivity contribution in [3.05, 3.63) is 0 Å². The molecule has 4 N–H and O–H groups in total. The van der Waals surface area contributed by atoms with Crippen LogP contribution in [0.15, 0.2) is 0 Å². The van der Waals surface area contributed by atoms with E-state index in [-0.39, 0.29) is 6.04 Å². The van der Waals surface area contributed by atoms with Gasteiger partial charge in [-0.05, 0) is 38.0 Å². The third kappa shape index (κ3) is 3.00. The highest BCUT2D eigenvalue weighted by molar-refractivity contribution is 5.74. The van der Waals surface area contributed by atoms with Crippen LogP contribution in [0.5, 0.6) is 0 Å². The first-order valence-electron chi connectivity index (χ1n) is 6.53. The topological polar surface area (TPSA) is 98.7 Å². The van der Waals surface area contributed by atoms with Crippen LogP contribution < -0.4 is 10.6 Å². The Bertz CT molecular complexity index is 326. The van der Waals surface area contributed by atoms with Crippen LogP contribution >= 0.6 is 0 Å². The molecule has 0 bridgehead atoms. The monoisotopic (exact) mass is 256 g/mol. The Kier molecular flexibility index (Phi) is 4.19. The highest BCUT2D eigenvalue weighted by Gasteiger charge is 2.34. The SMILES string of the molecule is O=C(O)C1CCC(C2CCCC(C(=O)O)N2)CN1. The van der Waals surface area contributed by atoms with Crippen molar-refractivity contribution in [1.82, 2.24) is 10.6 Å². The Morgan fingerprint density at radius 3 is 2.22 bits per heavy atom. The molecular formula is C12H20N2O4. The Morgan fingerprint density at radius 1 is 0.944 bits per heavy atom. The molecule has 2 aliphatic heterocycles. The van der Waals surface area contributed by atoms with Gasteiger partial charge in [0.25, 0.3) is 0 Å². The van der Waals surface area contributed by atoms with Gasteiger partial charge >= 0.3 is 11.9 Å². The van der Waals surface area contributed by atoms with Crippen LogP contribution in [0.4, 0.5) is 0 Å². The lowest BCUT2D eigenvalue weighted by atomic mass is 9.83. The number of piperidine rings is 2. The fraction of sp³-hybridized carbons (Fsp3) is 0.833. The molecular weight excluding hydrogens is 236 g/mol. The molecule has 0 spiro atoms. The number of carbonyl (C=O) groups is 2. The number of aliphatic carboxylic acids is 2. The van der Waals surface area contributed by atoms with Gasteiger partial charge in [-0.2, -0.15) is 0 Å². The molecule has 0 saturated carbocycles. The van der Waals surface area contributed by atoms with Crippen molar-refractivity contribution >= 4 is 11.9 Å². The zero-order valence-electron chi connectivity index (χ0n) is 10.3. The van der Waals surface area contributed by atoms with Crippen LogP contribution in [0, 0.1) is 5.92 Å². The average molecular weight is 256 g/mol. The maximum atomic E-state index is 11.0. The third-order valence-electron chi connectivity index (χ3n) is 4.04. The zero-order chi connectivity index (χ0) is 13.1. The van der Waals surface area contributed by atoms with Gasteiger partial charge < -0.3 is 20.8 Å². The molecule has 0 radical (unpaired) electrons. The number of rotatable bonds is 3. The van der Waals surface area contributed by atoms with Crippen LogP contribution in [0.3, 0.4) is 0 Å². The minimum Gasteiger partial charge on any atom is -0.480 e. The molecule has 4 atom stereocenters. The van der Waals surface area contributed by atoms with Gasteiger partial charge in [-0.15, -0.1) is 0 Å². The van der Waals surface area contributed by atoms with E-state index in [1.165, 1.54) is 0 Å². The summed E-state index contributed by atoms with van der Waals surface area (Å²) < 4.78 is 0. The van der Waals surface area contributed by atoms with Crippen molar-refractivity contribution in [2.45, 2.75) is 50.2 Å². The van der Waals surface area contributed by atoms with Gasteiger partial charge in [0.1, 0.15) is 12.1 Å². The van der Waals surface area contributed by atoms with Crippen molar-refractivity contribution in [3.63, 3.8) is 0 Å². The molecule has 0 aromatic heterocycles. The predicted octanol–water partition coefficient (Wildman–Crippen LogP) is 0.0345. The number of carboxylic acid groups (broad SMARTS) is 2. The number of carboxylic acids is 2. The minimum absolute atomic E-state index is 0.196. The van der Waals surface area contributed by atoms with E-state index in [9.17, 15) is 9.59 Å². The van der Waals surface area contributed by atoms with Crippen molar-refractivity contribution in [1.29, 1.82) is 0 Å². The maximum Gasteiger partial charge on any atom is 0.320 e. The quantitative estimate of drug-likeness (QED) is 0.569. The summed E-state index contributed by atoms with van der Waals surface area (Å²) in [4.78, 5) is 21.8. The number of hydrogen-bond acceptors (Lipinski definition) is 4.